The lowest BCUT2D eigenvalue weighted by Crippen LogP contribution is -2.45. The van der Waals surface area contributed by atoms with Crippen molar-refractivity contribution in [3.63, 3.8) is 0 Å². The first-order valence-electron chi connectivity index (χ1n) is 8.48. The van der Waals surface area contributed by atoms with Crippen molar-refractivity contribution in [3.05, 3.63) is 12.3 Å². The standard InChI is InChI=1S/C16H27N5O2/c1-3-6-15(22)17-11-13-7-5-10-20(12-13)16(23)19-14-8-9-18-21(14)4-2/h8-9,13H,3-7,10-12H2,1-2H3,(H,17,22)(H,19,23). The van der Waals surface area contributed by atoms with Crippen molar-refractivity contribution in [2.45, 2.75) is 46.1 Å². The van der Waals surface area contributed by atoms with Crippen LogP contribution in [0.5, 0.6) is 0 Å². The second kappa shape index (κ2) is 8.55. The Balaban J connectivity index is 1.83. The zero-order valence-electron chi connectivity index (χ0n) is 14.0. The van der Waals surface area contributed by atoms with E-state index in [0.29, 0.717) is 32.0 Å². The molecule has 2 rings (SSSR count). The Labute approximate surface area is 137 Å². The lowest BCUT2D eigenvalue weighted by molar-refractivity contribution is -0.121. The lowest BCUT2D eigenvalue weighted by Gasteiger charge is -2.32. The average molecular weight is 321 g/mol. The minimum Gasteiger partial charge on any atom is -0.356 e. The summed E-state index contributed by atoms with van der Waals surface area (Å²) in [6.07, 6.45) is 5.12. The second-order valence-corrected chi connectivity index (χ2v) is 5.97. The van der Waals surface area contributed by atoms with Gasteiger partial charge in [0.1, 0.15) is 5.82 Å². The fourth-order valence-corrected chi connectivity index (χ4v) is 2.87. The van der Waals surface area contributed by atoms with Gasteiger partial charge in [0.2, 0.25) is 5.91 Å². The Morgan fingerprint density at radius 1 is 1.39 bits per heavy atom. The fraction of sp³-hybridized carbons (Fsp3) is 0.688. The Morgan fingerprint density at radius 3 is 2.96 bits per heavy atom. The highest BCUT2D eigenvalue weighted by molar-refractivity contribution is 5.88. The molecule has 0 saturated carbocycles. The predicted octanol–water partition coefficient (Wildman–Crippen LogP) is 2.06. The summed E-state index contributed by atoms with van der Waals surface area (Å²) in [6.45, 7) is 6.78. The van der Waals surface area contributed by atoms with Crippen LogP contribution in [0.25, 0.3) is 0 Å². The lowest BCUT2D eigenvalue weighted by atomic mass is 9.98. The minimum atomic E-state index is -0.0928. The molecule has 128 valence electrons. The molecule has 0 radical (unpaired) electrons. The number of amides is 3. The Hall–Kier alpha value is -2.05. The van der Waals surface area contributed by atoms with Crippen LogP contribution in [0, 0.1) is 5.92 Å². The number of piperidine rings is 1. The highest BCUT2D eigenvalue weighted by Crippen LogP contribution is 2.17. The molecule has 1 atom stereocenters. The van der Waals surface area contributed by atoms with Crippen LogP contribution in [-0.4, -0.2) is 46.3 Å². The van der Waals surface area contributed by atoms with Crippen molar-refractivity contribution in [2.75, 3.05) is 25.0 Å². The van der Waals surface area contributed by atoms with Gasteiger partial charge in [-0.15, -0.1) is 0 Å². The van der Waals surface area contributed by atoms with Crippen molar-refractivity contribution >= 4 is 17.8 Å². The molecule has 0 aliphatic carbocycles. The number of carbonyl (C=O) groups is 2. The number of carbonyl (C=O) groups excluding carboxylic acids is 2. The van der Waals surface area contributed by atoms with E-state index in [0.717, 1.165) is 31.6 Å². The van der Waals surface area contributed by atoms with Gasteiger partial charge in [-0.1, -0.05) is 6.92 Å². The summed E-state index contributed by atoms with van der Waals surface area (Å²) in [5.74, 6) is 1.14. The Morgan fingerprint density at radius 2 is 2.22 bits per heavy atom. The van der Waals surface area contributed by atoms with Crippen molar-refractivity contribution in [2.24, 2.45) is 5.92 Å². The van der Waals surface area contributed by atoms with E-state index in [9.17, 15) is 9.59 Å². The van der Waals surface area contributed by atoms with Gasteiger partial charge in [-0.2, -0.15) is 5.10 Å². The largest absolute Gasteiger partial charge is 0.356 e. The zero-order chi connectivity index (χ0) is 16.7. The molecule has 7 nitrogen and oxygen atoms in total. The van der Waals surface area contributed by atoms with E-state index in [1.165, 1.54) is 0 Å². The van der Waals surface area contributed by atoms with Crippen molar-refractivity contribution < 1.29 is 9.59 Å². The first-order valence-corrected chi connectivity index (χ1v) is 8.48. The number of rotatable bonds is 6. The maximum Gasteiger partial charge on any atom is 0.323 e. The van der Waals surface area contributed by atoms with Crippen LogP contribution in [0.3, 0.4) is 0 Å². The monoisotopic (exact) mass is 321 g/mol. The number of likely N-dealkylation sites (tertiary alicyclic amines) is 1. The van der Waals surface area contributed by atoms with Crippen LogP contribution in [0.2, 0.25) is 0 Å². The van der Waals surface area contributed by atoms with Gasteiger partial charge in [0.15, 0.2) is 0 Å². The van der Waals surface area contributed by atoms with Gasteiger partial charge < -0.3 is 10.2 Å². The normalized spacial score (nSPS) is 17.8. The summed E-state index contributed by atoms with van der Waals surface area (Å²) in [7, 11) is 0. The summed E-state index contributed by atoms with van der Waals surface area (Å²) in [4.78, 5) is 25.8. The van der Waals surface area contributed by atoms with E-state index in [2.05, 4.69) is 15.7 Å². The molecular weight excluding hydrogens is 294 g/mol. The number of aromatic nitrogens is 2. The molecule has 1 aromatic rings. The van der Waals surface area contributed by atoms with Crippen LogP contribution in [0.15, 0.2) is 12.3 Å². The van der Waals surface area contributed by atoms with E-state index in [4.69, 9.17) is 0 Å². The molecule has 2 heterocycles. The van der Waals surface area contributed by atoms with Crippen LogP contribution in [-0.2, 0) is 11.3 Å². The van der Waals surface area contributed by atoms with Crippen LogP contribution < -0.4 is 10.6 Å². The van der Waals surface area contributed by atoms with Gasteiger partial charge in [-0.05, 0) is 32.1 Å². The molecule has 1 saturated heterocycles. The summed E-state index contributed by atoms with van der Waals surface area (Å²) >= 11 is 0. The number of anilines is 1. The topological polar surface area (TPSA) is 79.3 Å². The average Bonchev–Trinajstić information content (AvgIpc) is 3.00. The van der Waals surface area contributed by atoms with E-state index in [1.807, 2.05) is 18.7 Å². The van der Waals surface area contributed by atoms with Gasteiger partial charge >= 0.3 is 6.03 Å². The molecule has 0 bridgehead atoms. The molecule has 23 heavy (non-hydrogen) atoms. The summed E-state index contributed by atoms with van der Waals surface area (Å²) in [5.41, 5.74) is 0. The highest BCUT2D eigenvalue weighted by atomic mass is 16.2. The zero-order valence-corrected chi connectivity index (χ0v) is 14.0. The fourth-order valence-electron chi connectivity index (χ4n) is 2.87. The molecule has 1 aliphatic rings. The molecule has 3 amide bonds. The Bertz CT molecular complexity index is 528. The van der Waals surface area contributed by atoms with Gasteiger partial charge in [-0.3, -0.25) is 10.1 Å². The Kier molecular flexibility index (Phi) is 6.43. The molecular formula is C16H27N5O2. The third-order valence-corrected chi connectivity index (χ3v) is 4.12. The highest BCUT2D eigenvalue weighted by Gasteiger charge is 2.24. The molecule has 1 aliphatic heterocycles. The predicted molar refractivity (Wildman–Crippen MR) is 89.1 cm³/mol. The second-order valence-electron chi connectivity index (χ2n) is 5.97. The van der Waals surface area contributed by atoms with Crippen molar-refractivity contribution in [1.82, 2.24) is 20.0 Å². The van der Waals surface area contributed by atoms with E-state index in [-0.39, 0.29) is 11.9 Å². The molecule has 7 heteroatoms. The van der Waals surface area contributed by atoms with E-state index in [1.54, 1.807) is 16.9 Å². The third-order valence-electron chi connectivity index (χ3n) is 4.12. The third kappa shape index (κ3) is 4.97. The van der Waals surface area contributed by atoms with Gasteiger partial charge in [0.25, 0.3) is 0 Å². The van der Waals surface area contributed by atoms with E-state index >= 15 is 0 Å². The molecule has 1 unspecified atom stereocenters. The van der Waals surface area contributed by atoms with Gasteiger partial charge in [0, 0.05) is 38.7 Å². The number of nitrogens with zero attached hydrogens (tertiary/aromatic N) is 3. The minimum absolute atomic E-state index is 0.0928. The molecule has 1 fully saturated rings. The van der Waals surface area contributed by atoms with Crippen molar-refractivity contribution in [1.29, 1.82) is 0 Å². The van der Waals surface area contributed by atoms with Gasteiger partial charge in [-0.25, -0.2) is 9.48 Å². The maximum absolute atomic E-state index is 12.4. The summed E-state index contributed by atoms with van der Waals surface area (Å²) in [6, 6.07) is 1.71. The molecule has 1 aromatic heterocycles. The number of hydrogen-bond donors (Lipinski definition) is 2. The molecule has 0 spiro atoms. The number of nitrogens with one attached hydrogen (secondary N) is 2. The summed E-state index contributed by atoms with van der Waals surface area (Å²) < 4.78 is 1.75. The first kappa shape index (κ1) is 17.3. The molecule has 0 aromatic carbocycles. The SMILES string of the molecule is CCCC(=O)NCC1CCCN(C(=O)Nc2ccnn2CC)C1. The first-order chi connectivity index (χ1) is 11.1. The molecule has 2 N–H and O–H groups in total. The summed E-state index contributed by atoms with van der Waals surface area (Å²) in [5, 5.41) is 10.0. The van der Waals surface area contributed by atoms with Gasteiger partial charge in [0.05, 0.1) is 6.20 Å². The number of urea groups is 1. The van der Waals surface area contributed by atoms with Crippen molar-refractivity contribution in [3.8, 4) is 0 Å². The van der Waals surface area contributed by atoms with Crippen LogP contribution >= 0.6 is 0 Å². The number of aryl methyl sites for hydroxylation is 1. The quantitative estimate of drug-likeness (QED) is 0.842. The van der Waals surface area contributed by atoms with Crippen LogP contribution in [0.4, 0.5) is 10.6 Å². The number of hydrogen-bond acceptors (Lipinski definition) is 3. The maximum atomic E-state index is 12.4. The smallest absolute Gasteiger partial charge is 0.323 e. The van der Waals surface area contributed by atoms with E-state index < -0.39 is 0 Å². The van der Waals surface area contributed by atoms with Crippen LogP contribution in [0.1, 0.15) is 39.5 Å².